The average Bonchev–Trinajstić information content (AvgIpc) is 2.70. The van der Waals surface area contributed by atoms with Crippen LogP contribution in [-0.4, -0.2) is 6.04 Å². The quantitative estimate of drug-likeness (QED) is 0.480. The molecule has 1 saturated carbocycles. The Morgan fingerprint density at radius 2 is 1.87 bits per heavy atom. The summed E-state index contributed by atoms with van der Waals surface area (Å²) in [6.07, 6.45) is 10.5. The van der Waals surface area contributed by atoms with Crippen LogP contribution in [0.1, 0.15) is 80.7 Å². The van der Waals surface area contributed by atoms with Crippen LogP contribution in [-0.2, 0) is 18.3 Å². The molecule has 0 saturated heterocycles. The number of allylic oxidation sites excluding steroid dienone is 1. The Morgan fingerprint density at radius 3 is 2.39 bits per heavy atom. The Kier molecular flexibility index (Phi) is 9.85. The highest BCUT2D eigenvalue weighted by atomic mass is 35.5. The molecule has 2 heteroatoms. The maximum Gasteiger partial charge on any atom is 0.0408 e. The van der Waals surface area contributed by atoms with Gasteiger partial charge < -0.3 is 5.73 Å². The molecule has 1 nitrogen and oxygen atoms in total. The zero-order chi connectivity index (χ0) is 23.0. The van der Waals surface area contributed by atoms with Crippen LogP contribution < -0.4 is 5.73 Å². The number of aryl methyl sites for hydroxylation is 3. The highest BCUT2D eigenvalue weighted by Gasteiger charge is 2.32. The Hall–Kier alpha value is -1.57. The van der Waals surface area contributed by atoms with Crippen molar-refractivity contribution >= 4 is 11.6 Å². The molecule has 1 fully saturated rings. The first-order valence-corrected chi connectivity index (χ1v) is 12.3. The highest BCUT2D eigenvalue weighted by molar-refractivity contribution is 6.30. The lowest BCUT2D eigenvalue weighted by atomic mass is 9.68. The molecule has 0 amide bonds. The second kappa shape index (κ2) is 11.9. The van der Waals surface area contributed by atoms with Gasteiger partial charge in [0, 0.05) is 11.1 Å². The minimum absolute atomic E-state index is 0.234. The number of hydrogen-bond donors (Lipinski definition) is 1. The predicted octanol–water partition coefficient (Wildman–Crippen LogP) is 8.12. The van der Waals surface area contributed by atoms with E-state index in [1.165, 1.54) is 66.3 Å². The minimum Gasteiger partial charge on any atom is -0.327 e. The first kappa shape index (κ1) is 25.7. The summed E-state index contributed by atoms with van der Waals surface area (Å²) in [5.74, 6) is 0.861. The van der Waals surface area contributed by atoms with E-state index in [4.69, 9.17) is 17.3 Å². The summed E-state index contributed by atoms with van der Waals surface area (Å²) in [6, 6.07) is 13.8. The maximum absolute atomic E-state index is 6.17. The molecule has 0 aliphatic heterocycles. The third-order valence-electron chi connectivity index (χ3n) is 6.97. The molecular weight excluding hydrogens is 398 g/mol. The smallest absolute Gasteiger partial charge is 0.0408 e. The van der Waals surface area contributed by atoms with E-state index >= 15 is 0 Å². The third kappa shape index (κ3) is 6.96. The van der Waals surface area contributed by atoms with Crippen LogP contribution in [0, 0.1) is 19.8 Å². The van der Waals surface area contributed by atoms with Crippen LogP contribution in [0.2, 0.25) is 5.02 Å². The summed E-state index contributed by atoms with van der Waals surface area (Å²) >= 11 is 6.17. The van der Waals surface area contributed by atoms with Crippen LogP contribution in [0.25, 0.3) is 0 Å². The predicted molar refractivity (Wildman–Crippen MR) is 138 cm³/mol. The topological polar surface area (TPSA) is 26.0 Å². The van der Waals surface area contributed by atoms with Crippen LogP contribution in [0.4, 0.5) is 0 Å². The summed E-state index contributed by atoms with van der Waals surface area (Å²) in [5.41, 5.74) is 13.0. The number of nitrogens with two attached hydrogens (primary N) is 1. The molecular formula is C29H42ClN. The van der Waals surface area contributed by atoms with Crippen molar-refractivity contribution in [3.05, 3.63) is 81.9 Å². The number of rotatable bonds is 3. The normalized spacial score (nSPS) is 23.8. The van der Waals surface area contributed by atoms with Crippen LogP contribution in [0.3, 0.4) is 0 Å². The van der Waals surface area contributed by atoms with Crippen LogP contribution in [0.15, 0.2) is 49.1 Å². The van der Waals surface area contributed by atoms with Crippen molar-refractivity contribution in [3.63, 3.8) is 0 Å². The molecule has 0 radical (unpaired) electrons. The Bertz CT molecular complexity index is 854. The van der Waals surface area contributed by atoms with E-state index in [-0.39, 0.29) is 5.41 Å². The summed E-state index contributed by atoms with van der Waals surface area (Å²) in [5, 5.41) is 0.865. The van der Waals surface area contributed by atoms with E-state index in [9.17, 15) is 0 Å². The van der Waals surface area contributed by atoms with Gasteiger partial charge in [-0.25, -0.2) is 0 Å². The average molecular weight is 440 g/mol. The van der Waals surface area contributed by atoms with E-state index in [0.29, 0.717) is 6.04 Å². The monoisotopic (exact) mass is 439 g/mol. The number of benzene rings is 2. The molecule has 170 valence electrons. The summed E-state index contributed by atoms with van der Waals surface area (Å²) in [6.45, 7) is 14.3. The van der Waals surface area contributed by atoms with Gasteiger partial charge in [-0.3, -0.25) is 0 Å². The van der Waals surface area contributed by atoms with Crippen LogP contribution in [0.5, 0.6) is 0 Å². The van der Waals surface area contributed by atoms with E-state index in [0.717, 1.165) is 17.4 Å². The third-order valence-corrected chi connectivity index (χ3v) is 7.21. The minimum atomic E-state index is 0.234. The van der Waals surface area contributed by atoms with Gasteiger partial charge in [-0.15, -0.1) is 6.58 Å². The maximum atomic E-state index is 6.17. The van der Waals surface area contributed by atoms with Crippen molar-refractivity contribution in [1.82, 2.24) is 0 Å². The molecule has 3 atom stereocenters. The van der Waals surface area contributed by atoms with Gasteiger partial charge in [0.25, 0.3) is 0 Å². The fourth-order valence-corrected chi connectivity index (χ4v) is 5.11. The molecule has 0 spiro atoms. The standard InChI is InChI=1S/C20H23Cl.C6H13N.C3H6/c1-14-6-7-17(15(2)11-14)13-20(3)10-4-5-16-12-18(21)8-9-19(16)20;1-2-5-3-4-6(5)7;1-3-2/h6-9,11-12H,4-5,10,13H2,1-3H3;5-6H,2-4,7H2,1H3;3H,1H2,2H3. The Labute approximate surface area is 196 Å². The fraction of sp³-hybridized carbons (Fsp3) is 0.517. The number of hydrogen-bond acceptors (Lipinski definition) is 1. The first-order valence-electron chi connectivity index (χ1n) is 11.9. The summed E-state index contributed by atoms with van der Waals surface area (Å²) in [4.78, 5) is 0. The molecule has 2 aromatic carbocycles. The van der Waals surface area contributed by atoms with Crippen molar-refractivity contribution in [3.8, 4) is 0 Å². The lowest BCUT2D eigenvalue weighted by molar-refractivity contribution is 0.250. The van der Waals surface area contributed by atoms with Gasteiger partial charge >= 0.3 is 0 Å². The van der Waals surface area contributed by atoms with Gasteiger partial charge in [0.15, 0.2) is 0 Å². The zero-order valence-corrected chi connectivity index (χ0v) is 21.1. The van der Waals surface area contributed by atoms with Gasteiger partial charge in [0.05, 0.1) is 0 Å². The van der Waals surface area contributed by atoms with Gasteiger partial charge in [0.1, 0.15) is 0 Å². The lowest BCUT2D eigenvalue weighted by Gasteiger charge is -2.37. The van der Waals surface area contributed by atoms with Gasteiger partial charge in [-0.05, 0) is 105 Å². The molecule has 4 rings (SSSR count). The van der Waals surface area contributed by atoms with E-state index in [1.54, 1.807) is 6.08 Å². The van der Waals surface area contributed by atoms with Gasteiger partial charge in [-0.2, -0.15) is 0 Å². The fourth-order valence-electron chi connectivity index (χ4n) is 4.91. The molecule has 2 N–H and O–H groups in total. The molecule has 2 aliphatic rings. The SMILES string of the molecule is C=CC.CCC1CCC1N.Cc1ccc(CC2(C)CCCc3cc(Cl)ccc32)c(C)c1. The number of halogens is 1. The van der Waals surface area contributed by atoms with E-state index in [1.807, 2.05) is 13.0 Å². The van der Waals surface area contributed by atoms with Crippen molar-refractivity contribution < 1.29 is 0 Å². The molecule has 0 heterocycles. The Morgan fingerprint density at radius 1 is 1.16 bits per heavy atom. The van der Waals surface area contributed by atoms with Crippen LogP contribution >= 0.6 is 11.6 Å². The summed E-state index contributed by atoms with van der Waals surface area (Å²) < 4.78 is 0. The molecule has 2 aromatic rings. The molecule has 3 unspecified atom stereocenters. The first-order chi connectivity index (χ1) is 14.7. The van der Waals surface area contributed by atoms with Crippen molar-refractivity contribution in [2.45, 2.75) is 91.0 Å². The second-order valence-corrected chi connectivity index (χ2v) is 10.1. The van der Waals surface area contributed by atoms with E-state index in [2.05, 4.69) is 64.6 Å². The number of fused-ring (bicyclic) bond motifs is 1. The summed E-state index contributed by atoms with van der Waals surface area (Å²) in [7, 11) is 0. The second-order valence-electron chi connectivity index (χ2n) is 9.64. The highest BCUT2D eigenvalue weighted by Crippen LogP contribution is 2.41. The molecule has 0 aromatic heterocycles. The van der Waals surface area contributed by atoms with Crippen molar-refractivity contribution in [1.29, 1.82) is 0 Å². The van der Waals surface area contributed by atoms with Gasteiger partial charge in [0.2, 0.25) is 0 Å². The van der Waals surface area contributed by atoms with Crippen molar-refractivity contribution in [2.75, 3.05) is 0 Å². The molecule has 2 aliphatic carbocycles. The largest absolute Gasteiger partial charge is 0.327 e. The van der Waals surface area contributed by atoms with E-state index < -0.39 is 0 Å². The Balaban J connectivity index is 0.000000284. The lowest BCUT2D eigenvalue weighted by Crippen LogP contribution is -2.38. The van der Waals surface area contributed by atoms with Crippen molar-refractivity contribution in [2.24, 2.45) is 11.7 Å². The molecule has 31 heavy (non-hydrogen) atoms. The molecule has 0 bridgehead atoms. The zero-order valence-electron chi connectivity index (χ0n) is 20.3. The van der Waals surface area contributed by atoms with Gasteiger partial charge in [-0.1, -0.05) is 67.8 Å².